The molecule has 1 atom stereocenters. The predicted octanol–water partition coefficient (Wildman–Crippen LogP) is 2.53. The molecule has 9 nitrogen and oxygen atoms in total. The Morgan fingerprint density at radius 3 is 2.71 bits per heavy atom. The molecule has 3 fully saturated rings. The second kappa shape index (κ2) is 8.80. The normalized spacial score (nSPS) is 28.2. The Morgan fingerprint density at radius 1 is 1.20 bits per heavy atom. The Balaban J connectivity index is 1.22. The molecule has 1 unspecified atom stereocenters. The van der Waals surface area contributed by atoms with Crippen molar-refractivity contribution < 1.29 is 19.1 Å². The third kappa shape index (κ3) is 4.09. The fourth-order valence-corrected chi connectivity index (χ4v) is 6.37. The van der Waals surface area contributed by atoms with Crippen molar-refractivity contribution in [2.75, 3.05) is 39.4 Å². The van der Waals surface area contributed by atoms with Crippen LogP contribution >= 0.6 is 11.6 Å². The van der Waals surface area contributed by atoms with Crippen molar-refractivity contribution in [1.29, 1.82) is 0 Å². The van der Waals surface area contributed by atoms with E-state index in [0.717, 1.165) is 61.7 Å². The lowest BCUT2D eigenvalue weighted by Crippen LogP contribution is -2.51. The molecular formula is C25H30ClN5O4. The van der Waals surface area contributed by atoms with Crippen LogP contribution in [0.25, 0.3) is 0 Å². The molecule has 2 aromatic rings. The van der Waals surface area contributed by atoms with Gasteiger partial charge in [0.2, 0.25) is 0 Å². The fourth-order valence-electron chi connectivity index (χ4n) is 6.08. The van der Waals surface area contributed by atoms with Crippen LogP contribution in [0.4, 0.5) is 4.79 Å². The summed E-state index contributed by atoms with van der Waals surface area (Å²) in [6, 6.07) is 7.74. The molecule has 6 rings (SSSR count). The van der Waals surface area contributed by atoms with E-state index in [0.29, 0.717) is 37.0 Å². The van der Waals surface area contributed by atoms with Crippen LogP contribution in [0.15, 0.2) is 24.3 Å². The van der Waals surface area contributed by atoms with Gasteiger partial charge in [0.05, 0.1) is 42.2 Å². The van der Waals surface area contributed by atoms with Gasteiger partial charge >= 0.3 is 6.09 Å². The van der Waals surface area contributed by atoms with Gasteiger partial charge in [-0.1, -0.05) is 29.8 Å². The van der Waals surface area contributed by atoms with Gasteiger partial charge in [0.1, 0.15) is 5.60 Å². The van der Waals surface area contributed by atoms with Crippen LogP contribution in [0.1, 0.15) is 46.2 Å². The van der Waals surface area contributed by atoms with Gasteiger partial charge in [0.25, 0.3) is 5.91 Å². The molecule has 4 heterocycles. The van der Waals surface area contributed by atoms with Crippen LogP contribution in [0.2, 0.25) is 5.02 Å². The average Bonchev–Trinajstić information content (AvgIpc) is 3.44. The maximum absolute atomic E-state index is 13.4. The topological polar surface area (TPSA) is 88.9 Å². The van der Waals surface area contributed by atoms with Crippen LogP contribution in [0.3, 0.4) is 0 Å². The van der Waals surface area contributed by atoms with Crippen molar-refractivity contribution >= 4 is 23.6 Å². The van der Waals surface area contributed by atoms with Gasteiger partial charge < -0.3 is 19.7 Å². The fraction of sp³-hybridized carbons (Fsp3) is 0.560. The van der Waals surface area contributed by atoms with Crippen molar-refractivity contribution in [1.82, 2.24) is 24.9 Å². The third-order valence-electron chi connectivity index (χ3n) is 7.86. The summed E-state index contributed by atoms with van der Waals surface area (Å²) in [6.07, 6.45) is 1.80. The number of amides is 2. The minimum Gasteiger partial charge on any atom is -0.441 e. The smallest absolute Gasteiger partial charge is 0.407 e. The summed E-state index contributed by atoms with van der Waals surface area (Å²) in [5.74, 6) is 0.349. The van der Waals surface area contributed by atoms with Gasteiger partial charge in [-0.05, 0) is 30.4 Å². The lowest BCUT2D eigenvalue weighted by atomic mass is 9.70. The van der Waals surface area contributed by atoms with Crippen molar-refractivity contribution in [3.05, 3.63) is 51.8 Å². The second-order valence-corrected chi connectivity index (χ2v) is 10.6. The van der Waals surface area contributed by atoms with E-state index in [2.05, 4.69) is 10.2 Å². The summed E-state index contributed by atoms with van der Waals surface area (Å²) in [4.78, 5) is 29.2. The zero-order valence-corrected chi connectivity index (χ0v) is 20.6. The van der Waals surface area contributed by atoms with Crippen LogP contribution in [-0.4, -0.2) is 76.6 Å². The molecule has 1 spiro atoms. The average molecular weight is 500 g/mol. The molecule has 2 saturated heterocycles. The van der Waals surface area contributed by atoms with Gasteiger partial charge in [-0.2, -0.15) is 5.10 Å². The minimum atomic E-state index is -0.396. The molecule has 4 aliphatic rings. The predicted molar refractivity (Wildman–Crippen MR) is 128 cm³/mol. The lowest BCUT2D eigenvalue weighted by Gasteiger charge is -2.44. The number of rotatable bonds is 6. The SMILES string of the molecule is Cn1nc(CN2CCOCC2)c(Cl)c1CC1c2ccccc2C(=O)N1CC1CC2(CNC(=O)O2)C1. The van der Waals surface area contributed by atoms with E-state index in [1.54, 1.807) is 0 Å². The number of alkyl carbamates (subject to hydrolysis) is 1. The van der Waals surface area contributed by atoms with Crippen LogP contribution < -0.4 is 5.32 Å². The quantitative estimate of drug-likeness (QED) is 0.657. The molecule has 1 aromatic carbocycles. The largest absolute Gasteiger partial charge is 0.441 e. The zero-order valence-electron chi connectivity index (χ0n) is 19.8. The first-order valence-corrected chi connectivity index (χ1v) is 12.7. The van der Waals surface area contributed by atoms with E-state index in [-0.39, 0.29) is 18.0 Å². The van der Waals surface area contributed by atoms with Gasteiger partial charge in [-0.15, -0.1) is 0 Å². The Kier molecular flexibility index (Phi) is 5.74. The van der Waals surface area contributed by atoms with Crippen LogP contribution in [0, 0.1) is 5.92 Å². The van der Waals surface area contributed by atoms with Gasteiger partial charge in [-0.25, -0.2) is 4.79 Å². The summed E-state index contributed by atoms with van der Waals surface area (Å²) >= 11 is 6.88. The Hall–Kier alpha value is -2.62. The number of hydrogen-bond acceptors (Lipinski definition) is 6. The van der Waals surface area contributed by atoms with Crippen molar-refractivity contribution in [3.8, 4) is 0 Å². The zero-order chi connectivity index (χ0) is 24.2. The first-order valence-electron chi connectivity index (χ1n) is 12.3. The summed E-state index contributed by atoms with van der Waals surface area (Å²) < 4.78 is 12.8. The highest BCUT2D eigenvalue weighted by Gasteiger charge is 2.52. The van der Waals surface area contributed by atoms with E-state index in [1.807, 2.05) is 40.9 Å². The van der Waals surface area contributed by atoms with Crippen LogP contribution in [-0.2, 0) is 29.5 Å². The molecule has 1 saturated carbocycles. The van der Waals surface area contributed by atoms with Gasteiger partial charge in [0.15, 0.2) is 0 Å². The molecule has 1 aliphatic carbocycles. The summed E-state index contributed by atoms with van der Waals surface area (Å²) in [7, 11) is 1.92. The van der Waals surface area contributed by atoms with Gasteiger partial charge in [0, 0.05) is 45.2 Å². The molecular weight excluding hydrogens is 470 g/mol. The number of nitrogens with zero attached hydrogens (tertiary/aromatic N) is 4. The number of benzene rings is 1. The highest BCUT2D eigenvalue weighted by atomic mass is 35.5. The summed E-state index contributed by atoms with van der Waals surface area (Å²) in [5, 5.41) is 8.17. The maximum atomic E-state index is 13.4. The number of ether oxygens (including phenoxy) is 2. The Labute approximate surface area is 209 Å². The third-order valence-corrected chi connectivity index (χ3v) is 8.30. The van der Waals surface area contributed by atoms with Crippen molar-refractivity contribution in [3.63, 3.8) is 0 Å². The molecule has 1 aromatic heterocycles. The number of carbonyl (C=O) groups is 2. The molecule has 3 aliphatic heterocycles. The number of nitrogens with one attached hydrogen (secondary N) is 1. The standard InChI is InChI=1S/C25H30ClN5O4/c1-29-21(22(26)19(28-29)14-30-6-8-34-9-7-30)10-20-17-4-2-3-5-18(17)23(32)31(20)13-16-11-25(12-16)15-27-24(33)35-25/h2-5,16,20H,6-15H2,1H3,(H,27,33). The first-order chi connectivity index (χ1) is 16.9. The number of aryl methyl sites for hydroxylation is 1. The number of fused-ring (bicyclic) bond motifs is 1. The summed E-state index contributed by atoms with van der Waals surface area (Å²) in [6.45, 7) is 5.07. The number of hydrogen-bond donors (Lipinski definition) is 1. The van der Waals surface area contributed by atoms with Crippen molar-refractivity contribution in [2.45, 2.75) is 37.5 Å². The first kappa shape index (κ1) is 22.8. The molecule has 186 valence electrons. The summed E-state index contributed by atoms with van der Waals surface area (Å²) in [5.41, 5.74) is 3.20. The molecule has 10 heteroatoms. The van der Waals surface area contributed by atoms with Gasteiger partial charge in [-0.3, -0.25) is 14.4 Å². The van der Waals surface area contributed by atoms with Crippen LogP contribution in [0.5, 0.6) is 0 Å². The molecule has 2 amide bonds. The number of aromatic nitrogens is 2. The molecule has 0 bridgehead atoms. The van der Waals surface area contributed by atoms with Crippen molar-refractivity contribution in [2.24, 2.45) is 13.0 Å². The minimum absolute atomic E-state index is 0.0555. The molecule has 1 N–H and O–H groups in total. The van der Waals surface area contributed by atoms with E-state index in [1.165, 1.54) is 0 Å². The highest BCUT2D eigenvalue weighted by molar-refractivity contribution is 6.31. The molecule has 35 heavy (non-hydrogen) atoms. The van der Waals surface area contributed by atoms with E-state index in [9.17, 15) is 9.59 Å². The van der Waals surface area contributed by atoms with E-state index >= 15 is 0 Å². The monoisotopic (exact) mass is 499 g/mol. The number of morpholine rings is 1. The number of carbonyl (C=O) groups excluding carboxylic acids is 2. The molecule has 0 radical (unpaired) electrons. The number of halogens is 1. The Bertz CT molecular complexity index is 1150. The van der Waals surface area contributed by atoms with E-state index < -0.39 is 5.60 Å². The lowest BCUT2D eigenvalue weighted by molar-refractivity contribution is -0.0555. The Morgan fingerprint density at radius 2 is 1.97 bits per heavy atom. The highest BCUT2D eigenvalue weighted by Crippen LogP contribution is 2.46. The second-order valence-electron chi connectivity index (χ2n) is 10.2. The van der Waals surface area contributed by atoms with E-state index in [4.69, 9.17) is 26.2 Å². The maximum Gasteiger partial charge on any atom is 0.407 e.